The van der Waals surface area contributed by atoms with Crippen molar-refractivity contribution in [2.45, 2.75) is 39.2 Å². The number of aromatic carboxylic acids is 1. The van der Waals surface area contributed by atoms with E-state index in [2.05, 4.69) is 10.4 Å². The van der Waals surface area contributed by atoms with Crippen LogP contribution in [0.5, 0.6) is 0 Å². The first kappa shape index (κ1) is 25.0. The van der Waals surface area contributed by atoms with Crippen molar-refractivity contribution in [3.8, 4) is 0 Å². The second-order valence-corrected chi connectivity index (χ2v) is 9.53. The first-order valence-electron chi connectivity index (χ1n) is 10.8. The number of carboxylic acid groups (broad SMARTS) is 1. The highest BCUT2D eigenvalue weighted by molar-refractivity contribution is 14.1. The molecule has 7 nitrogen and oxygen atoms in total. The van der Waals surface area contributed by atoms with Gasteiger partial charge in [0.25, 0.3) is 5.91 Å². The molecule has 2 heterocycles. The molecule has 0 bridgehead atoms. The van der Waals surface area contributed by atoms with Gasteiger partial charge in [0.15, 0.2) is 0 Å². The molecule has 0 unspecified atom stereocenters. The molecule has 2 aromatic carbocycles. The van der Waals surface area contributed by atoms with Crippen molar-refractivity contribution in [1.82, 2.24) is 15.1 Å². The minimum absolute atomic E-state index is 0.131. The Morgan fingerprint density at radius 1 is 1.17 bits per heavy atom. The number of aromatic nitrogens is 2. The minimum Gasteiger partial charge on any atom is -0.478 e. The molecule has 0 spiro atoms. The predicted octanol–water partition coefficient (Wildman–Crippen LogP) is 5.02. The quantitative estimate of drug-likeness (QED) is 0.389. The van der Waals surface area contributed by atoms with E-state index in [9.17, 15) is 22.8 Å². The molecule has 1 aromatic heterocycles. The van der Waals surface area contributed by atoms with E-state index in [0.717, 1.165) is 11.6 Å². The average Bonchev–Trinajstić information content (AvgIpc) is 3.32. The first-order chi connectivity index (χ1) is 16.5. The minimum atomic E-state index is -4.44. The number of rotatable bonds is 6. The van der Waals surface area contributed by atoms with Gasteiger partial charge in [-0.2, -0.15) is 18.3 Å². The number of anilines is 1. The third-order valence-electron chi connectivity index (χ3n) is 5.92. The van der Waals surface area contributed by atoms with E-state index in [0.29, 0.717) is 35.7 Å². The van der Waals surface area contributed by atoms with Crippen molar-refractivity contribution < 1.29 is 27.9 Å². The van der Waals surface area contributed by atoms with Crippen molar-refractivity contribution >= 4 is 40.3 Å². The van der Waals surface area contributed by atoms with Crippen molar-refractivity contribution in [2.24, 2.45) is 0 Å². The van der Waals surface area contributed by atoms with Gasteiger partial charge in [-0.15, -0.1) is 0 Å². The standard InChI is InChI=1S/C24H22F3IN4O3/c1-13(16-4-6-17(7-5-16)23(34)35)29-21(33)20-14(2)30-32-10-9-31(22(20)32)12-15-3-8-19(28)18(11-15)24(25,26)27/h3-8,11,13H,9-10,12H2,1-2H3,(H,29,33)(H,34,35)/t13-/m0/s1. The second-order valence-electron chi connectivity index (χ2n) is 8.36. The van der Waals surface area contributed by atoms with Crippen LogP contribution in [0.1, 0.15) is 56.1 Å². The summed E-state index contributed by atoms with van der Waals surface area (Å²) in [7, 11) is 0. The molecular formula is C24H22F3IN4O3. The van der Waals surface area contributed by atoms with E-state index < -0.39 is 23.8 Å². The molecule has 184 valence electrons. The Labute approximate surface area is 213 Å². The smallest absolute Gasteiger partial charge is 0.417 e. The number of benzene rings is 2. The van der Waals surface area contributed by atoms with Crippen LogP contribution in [0.3, 0.4) is 0 Å². The summed E-state index contributed by atoms with van der Waals surface area (Å²) >= 11 is 1.68. The number of halogens is 4. The van der Waals surface area contributed by atoms with E-state index in [1.165, 1.54) is 18.2 Å². The van der Waals surface area contributed by atoms with Crippen LogP contribution in [0.2, 0.25) is 0 Å². The topological polar surface area (TPSA) is 87.5 Å². The van der Waals surface area contributed by atoms with Crippen LogP contribution in [0.15, 0.2) is 42.5 Å². The van der Waals surface area contributed by atoms with E-state index in [1.54, 1.807) is 59.3 Å². The first-order valence-corrected chi connectivity index (χ1v) is 11.9. The maximum absolute atomic E-state index is 13.4. The number of amides is 1. The number of alkyl halides is 3. The van der Waals surface area contributed by atoms with Crippen molar-refractivity contribution in [2.75, 3.05) is 11.4 Å². The zero-order chi connectivity index (χ0) is 25.5. The second kappa shape index (κ2) is 9.51. The molecule has 0 radical (unpaired) electrons. The predicted molar refractivity (Wildman–Crippen MR) is 131 cm³/mol. The van der Waals surface area contributed by atoms with Gasteiger partial charge in [0.2, 0.25) is 0 Å². The molecule has 3 aromatic rings. The molecule has 35 heavy (non-hydrogen) atoms. The number of fused-ring (bicyclic) bond motifs is 1. The lowest BCUT2D eigenvalue weighted by Gasteiger charge is -2.21. The molecular weight excluding hydrogens is 576 g/mol. The molecule has 0 saturated heterocycles. The molecule has 1 aliphatic rings. The Balaban J connectivity index is 1.56. The maximum Gasteiger partial charge on any atom is 0.417 e. The van der Waals surface area contributed by atoms with Gasteiger partial charge in [0.05, 0.1) is 29.4 Å². The van der Waals surface area contributed by atoms with Crippen LogP contribution in [-0.2, 0) is 19.3 Å². The Bertz CT molecular complexity index is 1290. The van der Waals surface area contributed by atoms with Crippen LogP contribution < -0.4 is 10.2 Å². The fourth-order valence-electron chi connectivity index (χ4n) is 4.16. The van der Waals surface area contributed by atoms with Crippen LogP contribution in [-0.4, -0.2) is 33.3 Å². The average molecular weight is 598 g/mol. The lowest BCUT2D eigenvalue weighted by Crippen LogP contribution is -2.29. The van der Waals surface area contributed by atoms with Gasteiger partial charge in [-0.05, 0) is 71.8 Å². The Hall–Kier alpha value is -3.09. The van der Waals surface area contributed by atoms with Gasteiger partial charge in [0.1, 0.15) is 11.4 Å². The van der Waals surface area contributed by atoms with Gasteiger partial charge in [0, 0.05) is 16.7 Å². The molecule has 0 aliphatic carbocycles. The highest BCUT2D eigenvalue weighted by Gasteiger charge is 2.34. The van der Waals surface area contributed by atoms with Crippen molar-refractivity contribution in [3.05, 3.63) is 79.5 Å². The summed E-state index contributed by atoms with van der Waals surface area (Å²) in [6.45, 7) is 4.75. The monoisotopic (exact) mass is 598 g/mol. The van der Waals surface area contributed by atoms with E-state index in [-0.39, 0.29) is 21.6 Å². The Kier molecular flexibility index (Phi) is 6.80. The number of nitrogens with zero attached hydrogens (tertiary/aromatic N) is 3. The largest absolute Gasteiger partial charge is 0.478 e. The summed E-state index contributed by atoms with van der Waals surface area (Å²) in [5, 5.41) is 16.4. The SMILES string of the molecule is Cc1nn2c(c1C(=O)N[C@@H](C)c1ccc(C(=O)O)cc1)N(Cc1ccc(I)c(C(F)(F)F)c1)CC2. The van der Waals surface area contributed by atoms with Crippen molar-refractivity contribution in [1.29, 1.82) is 0 Å². The Morgan fingerprint density at radius 3 is 2.49 bits per heavy atom. The van der Waals surface area contributed by atoms with Crippen molar-refractivity contribution in [3.63, 3.8) is 0 Å². The summed E-state index contributed by atoms with van der Waals surface area (Å²) in [5.41, 5.74) is 1.59. The van der Waals surface area contributed by atoms with E-state index in [1.807, 2.05) is 4.90 Å². The number of aryl methyl sites for hydroxylation is 1. The normalized spacial score (nSPS) is 14.1. The highest BCUT2D eigenvalue weighted by Crippen LogP contribution is 2.35. The summed E-state index contributed by atoms with van der Waals surface area (Å²) < 4.78 is 41.9. The van der Waals surface area contributed by atoms with Crippen LogP contribution in [0, 0.1) is 10.5 Å². The lowest BCUT2D eigenvalue weighted by atomic mass is 10.1. The van der Waals surface area contributed by atoms with Crippen LogP contribution in [0.25, 0.3) is 0 Å². The Morgan fingerprint density at radius 2 is 1.86 bits per heavy atom. The maximum atomic E-state index is 13.4. The summed E-state index contributed by atoms with van der Waals surface area (Å²) in [5.74, 6) is -0.820. The number of carbonyl (C=O) groups is 2. The van der Waals surface area contributed by atoms with E-state index >= 15 is 0 Å². The summed E-state index contributed by atoms with van der Waals surface area (Å²) in [6, 6.07) is 10.1. The molecule has 4 rings (SSSR count). The zero-order valence-electron chi connectivity index (χ0n) is 18.9. The van der Waals surface area contributed by atoms with Gasteiger partial charge >= 0.3 is 12.1 Å². The lowest BCUT2D eigenvalue weighted by molar-refractivity contribution is -0.138. The van der Waals surface area contributed by atoms with Gasteiger partial charge in [-0.3, -0.25) is 4.79 Å². The highest BCUT2D eigenvalue weighted by atomic mass is 127. The summed E-state index contributed by atoms with van der Waals surface area (Å²) in [4.78, 5) is 26.2. The third-order valence-corrected chi connectivity index (χ3v) is 6.86. The van der Waals surface area contributed by atoms with Gasteiger partial charge in [-0.25, -0.2) is 9.48 Å². The number of hydrogen-bond donors (Lipinski definition) is 2. The van der Waals surface area contributed by atoms with Gasteiger partial charge in [-0.1, -0.05) is 18.2 Å². The van der Waals surface area contributed by atoms with Gasteiger partial charge < -0.3 is 15.3 Å². The fourth-order valence-corrected chi connectivity index (χ4v) is 4.80. The number of carbonyl (C=O) groups excluding carboxylic acids is 1. The molecule has 2 N–H and O–H groups in total. The molecule has 1 aliphatic heterocycles. The number of nitrogens with one attached hydrogen (secondary N) is 1. The molecule has 11 heteroatoms. The molecule has 0 fully saturated rings. The molecule has 1 amide bonds. The molecule has 0 saturated carbocycles. The number of carboxylic acids is 1. The fraction of sp³-hybridized carbons (Fsp3) is 0.292. The number of hydrogen-bond acceptors (Lipinski definition) is 4. The van der Waals surface area contributed by atoms with Crippen LogP contribution in [0.4, 0.5) is 19.0 Å². The molecule has 1 atom stereocenters. The van der Waals surface area contributed by atoms with Crippen LogP contribution >= 0.6 is 22.6 Å². The summed E-state index contributed by atoms with van der Waals surface area (Å²) in [6.07, 6.45) is -4.44. The third kappa shape index (κ3) is 5.14. The zero-order valence-corrected chi connectivity index (χ0v) is 21.0. The van der Waals surface area contributed by atoms with E-state index in [4.69, 9.17) is 5.11 Å².